The molecule has 0 radical (unpaired) electrons. The van der Waals surface area contributed by atoms with Crippen molar-refractivity contribution in [3.8, 4) is 0 Å². The van der Waals surface area contributed by atoms with Crippen molar-refractivity contribution in [2.24, 2.45) is 7.05 Å². The lowest BCUT2D eigenvalue weighted by Crippen LogP contribution is -2.14. The van der Waals surface area contributed by atoms with Gasteiger partial charge in [-0.05, 0) is 15.9 Å². The molecular weight excluding hydrogens is 184 g/mol. The monoisotopic (exact) mass is 189 g/mol. The lowest BCUT2D eigenvalue weighted by Gasteiger charge is -1.92. The van der Waals surface area contributed by atoms with E-state index in [1.165, 1.54) is 10.8 Å². The summed E-state index contributed by atoms with van der Waals surface area (Å²) in [6.45, 7) is 0. The van der Waals surface area contributed by atoms with Crippen LogP contribution in [0.3, 0.4) is 0 Å². The van der Waals surface area contributed by atoms with Gasteiger partial charge in [0.2, 0.25) is 0 Å². The summed E-state index contributed by atoms with van der Waals surface area (Å²) >= 11 is 3.06. The average Bonchev–Trinajstić information content (AvgIpc) is 1.82. The van der Waals surface area contributed by atoms with Gasteiger partial charge in [0.15, 0.2) is 0 Å². The van der Waals surface area contributed by atoms with Gasteiger partial charge in [0.05, 0.1) is 7.54 Å². The summed E-state index contributed by atoms with van der Waals surface area (Å²) in [7, 11) is 1.58. The molecule has 0 spiro atoms. The molecule has 1 heterocycles. The van der Waals surface area contributed by atoms with Crippen LogP contribution in [0.25, 0.3) is 0 Å². The van der Waals surface area contributed by atoms with E-state index in [9.17, 15) is 4.79 Å². The van der Waals surface area contributed by atoms with E-state index in [1.54, 1.807) is 7.05 Å². The Labute approximate surface area is 61.9 Å². The van der Waals surface area contributed by atoms with Crippen LogP contribution in [0, 0.1) is 0 Å². The number of aryl methyl sites for hydroxylation is 1. The molecular formula is C5H5BrN2O. The summed E-state index contributed by atoms with van der Waals surface area (Å²) in [5, 5.41) is 0. The molecule has 0 atom stereocenters. The molecule has 4 heteroatoms. The molecule has 9 heavy (non-hydrogen) atoms. The molecule has 0 saturated heterocycles. The zero-order valence-corrected chi connectivity index (χ0v) is 6.34. The van der Waals surface area contributed by atoms with Crippen LogP contribution in [0.4, 0.5) is 0 Å². The fourth-order valence-corrected chi connectivity index (χ4v) is 0.823. The topological polar surface area (TPSA) is 34.9 Å². The van der Waals surface area contributed by atoms with Crippen LogP contribution in [0.15, 0.2) is 21.8 Å². The number of aromatic nitrogens is 2. The third kappa shape index (κ3) is 1.38. The summed E-state index contributed by atoms with van der Waals surface area (Å²) in [5.41, 5.74) is -0.386. The van der Waals surface area contributed by atoms with Crippen LogP contribution in [-0.2, 0) is 7.05 Å². The minimum absolute atomic E-state index is 0.239. The molecule has 0 N–H and O–H groups in total. The number of hydrogen-bond acceptors (Lipinski definition) is 2. The van der Waals surface area contributed by atoms with E-state index in [0.29, 0.717) is 4.60 Å². The molecule has 1 rings (SSSR count). The van der Waals surface area contributed by atoms with Crippen LogP contribution in [-0.4, -0.2) is 9.55 Å². The van der Waals surface area contributed by atoms with E-state index in [0.717, 1.165) is 0 Å². The van der Waals surface area contributed by atoms with Crippen LogP contribution in [0.1, 0.15) is 1.37 Å². The predicted octanol–water partition coefficient (Wildman–Crippen LogP) is 0.543. The zero-order valence-electron chi connectivity index (χ0n) is 5.76. The Morgan fingerprint density at radius 1 is 2.00 bits per heavy atom. The van der Waals surface area contributed by atoms with Gasteiger partial charge in [-0.3, -0.25) is 4.79 Å². The Morgan fingerprint density at radius 2 is 2.67 bits per heavy atom. The lowest BCUT2D eigenvalue weighted by molar-refractivity contribution is 0.832. The maximum Gasteiger partial charge on any atom is 0.268 e. The molecule has 0 aliphatic carbocycles. The SMILES string of the molecule is [2H]c1nc(Br)cn(C)c1=O. The average molecular weight is 190 g/mol. The fourth-order valence-electron chi connectivity index (χ4n) is 0.427. The number of nitrogens with zero attached hydrogens (tertiary/aromatic N) is 2. The first-order valence-corrected chi connectivity index (χ1v) is 3.10. The standard InChI is InChI=1S/C5H5BrN2O/c1-8-3-4(6)7-2-5(8)9/h2-3H,1H3/i2D. The van der Waals surface area contributed by atoms with Crippen molar-refractivity contribution >= 4 is 15.9 Å². The molecule has 0 aliphatic rings. The first-order chi connectivity index (χ1) is 4.61. The Kier molecular flexibility index (Phi) is 1.32. The van der Waals surface area contributed by atoms with Crippen molar-refractivity contribution in [3.05, 3.63) is 27.3 Å². The molecule has 1 aromatic rings. The highest BCUT2D eigenvalue weighted by atomic mass is 79.9. The van der Waals surface area contributed by atoms with Gasteiger partial charge in [0, 0.05) is 13.2 Å². The summed E-state index contributed by atoms with van der Waals surface area (Å²) in [6, 6.07) is 0. The van der Waals surface area contributed by atoms with E-state index in [1.807, 2.05) is 0 Å². The van der Waals surface area contributed by atoms with E-state index in [2.05, 4.69) is 20.9 Å². The van der Waals surface area contributed by atoms with E-state index in [4.69, 9.17) is 1.37 Å². The molecule has 0 saturated carbocycles. The maximum absolute atomic E-state index is 10.8. The van der Waals surface area contributed by atoms with Gasteiger partial charge in [0.25, 0.3) is 5.56 Å². The van der Waals surface area contributed by atoms with Gasteiger partial charge in [0.1, 0.15) is 4.60 Å². The molecule has 0 aliphatic heterocycles. The Balaban J connectivity index is 3.46. The molecule has 0 aromatic carbocycles. The van der Waals surface area contributed by atoms with Crippen LogP contribution in [0.5, 0.6) is 0 Å². The third-order valence-corrected chi connectivity index (χ3v) is 1.26. The van der Waals surface area contributed by atoms with Crippen LogP contribution >= 0.6 is 15.9 Å². The van der Waals surface area contributed by atoms with Gasteiger partial charge in [-0.15, -0.1) is 0 Å². The Morgan fingerprint density at radius 3 is 3.22 bits per heavy atom. The fraction of sp³-hybridized carbons (Fsp3) is 0.200. The van der Waals surface area contributed by atoms with E-state index < -0.39 is 0 Å². The predicted molar refractivity (Wildman–Crippen MR) is 37.2 cm³/mol. The van der Waals surface area contributed by atoms with Crippen LogP contribution in [0.2, 0.25) is 0 Å². The molecule has 3 nitrogen and oxygen atoms in total. The minimum Gasteiger partial charge on any atom is -0.315 e. The highest BCUT2D eigenvalue weighted by molar-refractivity contribution is 9.10. The Hall–Kier alpha value is -0.640. The summed E-state index contributed by atoms with van der Waals surface area (Å²) < 4.78 is 8.83. The summed E-state index contributed by atoms with van der Waals surface area (Å²) in [5.74, 6) is 0. The molecule has 0 amide bonds. The minimum atomic E-state index is -0.386. The second-order valence-electron chi connectivity index (χ2n) is 1.59. The molecule has 1 aromatic heterocycles. The van der Waals surface area contributed by atoms with Crippen molar-refractivity contribution in [1.82, 2.24) is 9.55 Å². The van der Waals surface area contributed by atoms with Crippen LogP contribution < -0.4 is 5.56 Å². The molecule has 0 bridgehead atoms. The third-order valence-electron chi connectivity index (χ3n) is 0.879. The van der Waals surface area contributed by atoms with Gasteiger partial charge in [-0.1, -0.05) is 0 Å². The molecule has 0 unspecified atom stereocenters. The first-order valence-electron chi connectivity index (χ1n) is 2.81. The van der Waals surface area contributed by atoms with Gasteiger partial charge >= 0.3 is 0 Å². The summed E-state index contributed by atoms with van der Waals surface area (Å²) in [6.07, 6.45) is 1.28. The smallest absolute Gasteiger partial charge is 0.268 e. The second kappa shape index (κ2) is 2.31. The normalized spacial score (nSPS) is 11.1. The zero-order chi connectivity index (χ0) is 7.72. The maximum atomic E-state index is 10.8. The van der Waals surface area contributed by atoms with Crippen molar-refractivity contribution in [2.45, 2.75) is 0 Å². The highest BCUT2D eigenvalue weighted by Gasteiger charge is 1.89. The van der Waals surface area contributed by atoms with Crippen molar-refractivity contribution in [3.63, 3.8) is 0 Å². The van der Waals surface area contributed by atoms with Crippen molar-refractivity contribution in [2.75, 3.05) is 0 Å². The van der Waals surface area contributed by atoms with Crippen molar-refractivity contribution < 1.29 is 1.37 Å². The van der Waals surface area contributed by atoms with Crippen molar-refractivity contribution in [1.29, 1.82) is 0 Å². The van der Waals surface area contributed by atoms with E-state index >= 15 is 0 Å². The molecule has 48 valence electrons. The van der Waals surface area contributed by atoms with Gasteiger partial charge < -0.3 is 4.57 Å². The highest BCUT2D eigenvalue weighted by Crippen LogP contribution is 1.98. The van der Waals surface area contributed by atoms with E-state index in [-0.39, 0.29) is 11.7 Å². The number of halogens is 1. The largest absolute Gasteiger partial charge is 0.315 e. The second-order valence-corrected chi connectivity index (χ2v) is 2.40. The number of hydrogen-bond donors (Lipinski definition) is 0. The lowest BCUT2D eigenvalue weighted by atomic mass is 10.7. The molecule has 0 fully saturated rings. The summed E-state index contributed by atoms with van der Waals surface area (Å²) in [4.78, 5) is 14.4. The quantitative estimate of drug-likeness (QED) is 0.598. The number of rotatable bonds is 0. The van der Waals surface area contributed by atoms with Gasteiger partial charge in [-0.25, -0.2) is 4.98 Å². The van der Waals surface area contributed by atoms with Gasteiger partial charge in [-0.2, -0.15) is 0 Å². The Bertz CT molecular complexity index is 283. The first kappa shape index (κ1) is 5.17.